The predicted molar refractivity (Wildman–Crippen MR) is 96.5 cm³/mol. The summed E-state index contributed by atoms with van der Waals surface area (Å²) in [7, 11) is 0. The van der Waals surface area contributed by atoms with Crippen LogP contribution in [-0.2, 0) is 0 Å². The van der Waals surface area contributed by atoms with Crippen LogP contribution in [0.5, 0.6) is 5.75 Å². The molecule has 1 heteroatoms. The third-order valence-electron chi connectivity index (χ3n) is 4.18. The summed E-state index contributed by atoms with van der Waals surface area (Å²) in [6.07, 6.45) is 0. The summed E-state index contributed by atoms with van der Waals surface area (Å²) in [5, 5.41) is 13.1. The van der Waals surface area contributed by atoms with Gasteiger partial charge in [-0.3, -0.25) is 0 Å². The lowest BCUT2D eigenvalue weighted by atomic mass is 9.96. The van der Waals surface area contributed by atoms with Gasteiger partial charge in [0.1, 0.15) is 5.75 Å². The monoisotopic (exact) mass is 296 g/mol. The maximum atomic E-state index is 10.8. The molecule has 1 N–H and O–H groups in total. The zero-order valence-corrected chi connectivity index (χ0v) is 12.6. The summed E-state index contributed by atoms with van der Waals surface area (Å²) < 4.78 is 0. The molecule has 0 unspecified atom stereocenters. The molecule has 0 fully saturated rings. The largest absolute Gasteiger partial charge is 0.507 e. The quantitative estimate of drug-likeness (QED) is 0.490. The first kappa shape index (κ1) is 13.6. The molecule has 1 nitrogen and oxygen atoms in total. The Bertz CT molecular complexity index is 971. The molecule has 0 aliphatic rings. The highest BCUT2D eigenvalue weighted by Crippen LogP contribution is 2.38. The second-order valence-electron chi connectivity index (χ2n) is 5.63. The van der Waals surface area contributed by atoms with Crippen LogP contribution in [0.1, 0.15) is 0 Å². The van der Waals surface area contributed by atoms with E-state index in [1.54, 1.807) is 0 Å². The van der Waals surface area contributed by atoms with Gasteiger partial charge in [0.2, 0.25) is 0 Å². The van der Waals surface area contributed by atoms with Crippen molar-refractivity contribution in [3.63, 3.8) is 0 Å². The summed E-state index contributed by atoms with van der Waals surface area (Å²) >= 11 is 0. The van der Waals surface area contributed by atoms with Gasteiger partial charge in [0.25, 0.3) is 0 Å². The topological polar surface area (TPSA) is 20.2 Å². The number of fused-ring (bicyclic) bond motifs is 1. The highest BCUT2D eigenvalue weighted by atomic mass is 16.3. The average Bonchev–Trinajstić information content (AvgIpc) is 2.62. The van der Waals surface area contributed by atoms with Crippen molar-refractivity contribution in [1.82, 2.24) is 0 Å². The van der Waals surface area contributed by atoms with Gasteiger partial charge in [0, 0.05) is 11.1 Å². The molecular weight excluding hydrogens is 280 g/mol. The number of hydrogen-bond acceptors (Lipinski definition) is 1. The van der Waals surface area contributed by atoms with Gasteiger partial charge >= 0.3 is 0 Å². The first-order valence-electron chi connectivity index (χ1n) is 7.69. The summed E-state index contributed by atoms with van der Waals surface area (Å²) in [6.45, 7) is 0. The molecule has 0 radical (unpaired) electrons. The van der Waals surface area contributed by atoms with E-state index in [2.05, 4.69) is 30.3 Å². The Hall–Kier alpha value is -3.06. The lowest BCUT2D eigenvalue weighted by molar-refractivity contribution is 0.479. The molecule has 0 bridgehead atoms. The zero-order chi connectivity index (χ0) is 15.6. The number of aromatic hydroxyl groups is 1. The molecule has 4 rings (SSSR count). The first-order chi connectivity index (χ1) is 11.3. The second-order valence-corrected chi connectivity index (χ2v) is 5.63. The molecule has 0 amide bonds. The fourth-order valence-corrected chi connectivity index (χ4v) is 2.98. The lowest BCUT2D eigenvalue weighted by Gasteiger charge is -2.11. The summed E-state index contributed by atoms with van der Waals surface area (Å²) in [4.78, 5) is 0. The molecule has 4 aromatic rings. The van der Waals surface area contributed by atoms with E-state index in [0.29, 0.717) is 5.75 Å². The Kier molecular flexibility index (Phi) is 3.32. The van der Waals surface area contributed by atoms with Crippen LogP contribution < -0.4 is 0 Å². The van der Waals surface area contributed by atoms with Gasteiger partial charge in [-0.25, -0.2) is 0 Å². The van der Waals surface area contributed by atoms with Gasteiger partial charge in [-0.05, 0) is 28.0 Å². The molecule has 110 valence electrons. The van der Waals surface area contributed by atoms with Crippen LogP contribution in [-0.4, -0.2) is 5.11 Å². The van der Waals surface area contributed by atoms with E-state index in [4.69, 9.17) is 0 Å². The van der Waals surface area contributed by atoms with Gasteiger partial charge in [-0.1, -0.05) is 84.9 Å². The lowest BCUT2D eigenvalue weighted by Crippen LogP contribution is -1.84. The van der Waals surface area contributed by atoms with Crippen molar-refractivity contribution in [1.29, 1.82) is 0 Å². The van der Waals surface area contributed by atoms with E-state index < -0.39 is 0 Å². The third kappa shape index (κ3) is 2.47. The van der Waals surface area contributed by atoms with Crippen LogP contribution in [0.4, 0.5) is 0 Å². The molecule has 0 atom stereocenters. The molecule has 0 heterocycles. The van der Waals surface area contributed by atoms with Crippen LogP contribution >= 0.6 is 0 Å². The van der Waals surface area contributed by atoms with Crippen molar-refractivity contribution in [3.8, 4) is 28.0 Å². The maximum Gasteiger partial charge on any atom is 0.131 e. The Morgan fingerprint density at radius 1 is 0.478 bits per heavy atom. The maximum absolute atomic E-state index is 10.8. The predicted octanol–water partition coefficient (Wildman–Crippen LogP) is 5.88. The van der Waals surface area contributed by atoms with Crippen LogP contribution in [0.2, 0.25) is 0 Å². The SMILES string of the molecule is Oc1c(-c2ccccc2)cccc1-c1ccc2ccccc2c1. The van der Waals surface area contributed by atoms with E-state index in [-0.39, 0.29) is 0 Å². The van der Waals surface area contributed by atoms with Crippen LogP contribution in [0.3, 0.4) is 0 Å². The van der Waals surface area contributed by atoms with Crippen molar-refractivity contribution in [3.05, 3.63) is 91.0 Å². The zero-order valence-electron chi connectivity index (χ0n) is 12.6. The normalized spacial score (nSPS) is 10.8. The first-order valence-corrected chi connectivity index (χ1v) is 7.69. The number of rotatable bonds is 2. The fraction of sp³-hybridized carbons (Fsp3) is 0. The van der Waals surface area contributed by atoms with Gasteiger partial charge in [0.05, 0.1) is 0 Å². The molecular formula is C22H16O. The summed E-state index contributed by atoms with van der Waals surface area (Å²) in [5.41, 5.74) is 3.76. The number of phenols is 1. The second kappa shape index (κ2) is 5.62. The Balaban J connectivity index is 1.88. The number of phenolic OH excluding ortho intramolecular Hbond substituents is 1. The van der Waals surface area contributed by atoms with Crippen LogP contribution in [0.25, 0.3) is 33.0 Å². The van der Waals surface area contributed by atoms with E-state index in [1.165, 1.54) is 10.8 Å². The summed E-state index contributed by atoms with van der Waals surface area (Å²) in [6, 6.07) is 30.4. The van der Waals surface area contributed by atoms with E-state index in [1.807, 2.05) is 60.7 Å². The molecule has 4 aromatic carbocycles. The smallest absolute Gasteiger partial charge is 0.131 e. The number of hydrogen-bond donors (Lipinski definition) is 1. The Morgan fingerprint density at radius 3 is 1.91 bits per heavy atom. The van der Waals surface area contributed by atoms with Gasteiger partial charge < -0.3 is 5.11 Å². The third-order valence-corrected chi connectivity index (χ3v) is 4.18. The number of para-hydroxylation sites is 1. The minimum atomic E-state index is 0.328. The molecule has 23 heavy (non-hydrogen) atoms. The molecule has 0 aliphatic carbocycles. The number of benzene rings is 4. The standard InChI is InChI=1S/C22H16O/c23-22-20(17-8-2-1-3-9-17)11-6-12-21(22)19-14-13-16-7-4-5-10-18(16)15-19/h1-15,23H. The fourth-order valence-electron chi connectivity index (χ4n) is 2.98. The highest BCUT2D eigenvalue weighted by molar-refractivity contribution is 5.90. The molecule has 0 saturated carbocycles. The van der Waals surface area contributed by atoms with Crippen molar-refractivity contribution < 1.29 is 5.11 Å². The van der Waals surface area contributed by atoms with Gasteiger partial charge in [-0.2, -0.15) is 0 Å². The molecule has 0 spiro atoms. The Labute approximate surface area is 135 Å². The van der Waals surface area contributed by atoms with Crippen molar-refractivity contribution >= 4 is 10.8 Å². The minimum absolute atomic E-state index is 0.328. The molecule has 0 aliphatic heterocycles. The van der Waals surface area contributed by atoms with E-state index in [0.717, 1.165) is 22.3 Å². The molecule has 0 saturated heterocycles. The van der Waals surface area contributed by atoms with Crippen molar-refractivity contribution in [2.75, 3.05) is 0 Å². The van der Waals surface area contributed by atoms with E-state index in [9.17, 15) is 5.11 Å². The average molecular weight is 296 g/mol. The van der Waals surface area contributed by atoms with Crippen molar-refractivity contribution in [2.24, 2.45) is 0 Å². The van der Waals surface area contributed by atoms with Gasteiger partial charge in [-0.15, -0.1) is 0 Å². The van der Waals surface area contributed by atoms with Gasteiger partial charge in [0.15, 0.2) is 0 Å². The molecule has 0 aromatic heterocycles. The highest BCUT2D eigenvalue weighted by Gasteiger charge is 2.10. The van der Waals surface area contributed by atoms with E-state index >= 15 is 0 Å². The Morgan fingerprint density at radius 2 is 1.13 bits per heavy atom. The minimum Gasteiger partial charge on any atom is -0.507 e. The summed E-state index contributed by atoms with van der Waals surface area (Å²) in [5.74, 6) is 0.328. The van der Waals surface area contributed by atoms with Crippen LogP contribution in [0, 0.1) is 0 Å². The van der Waals surface area contributed by atoms with Crippen LogP contribution in [0.15, 0.2) is 91.0 Å². The van der Waals surface area contributed by atoms with Crippen molar-refractivity contribution in [2.45, 2.75) is 0 Å².